The largest absolute Gasteiger partial charge is 0.312 e. The zero-order valence-electron chi connectivity index (χ0n) is 15.6. The fourth-order valence-electron chi connectivity index (χ4n) is 4.08. The third kappa shape index (κ3) is 4.02. The van der Waals surface area contributed by atoms with E-state index in [-0.39, 0.29) is 17.6 Å². The number of nitrogens with zero attached hydrogens (tertiary/aromatic N) is 2. The Morgan fingerprint density at radius 1 is 1.04 bits per heavy atom. The van der Waals surface area contributed by atoms with Crippen molar-refractivity contribution in [3.05, 3.63) is 64.1 Å². The molecule has 2 aliphatic heterocycles. The highest BCUT2D eigenvalue weighted by atomic mass is 79.9. The number of carbonyl (C=O) groups excluding carboxylic acids is 1. The second-order valence-corrected chi connectivity index (χ2v) is 10.3. The lowest BCUT2D eigenvalue weighted by atomic mass is 9.96. The van der Waals surface area contributed by atoms with Gasteiger partial charge < -0.3 is 4.90 Å². The summed E-state index contributed by atoms with van der Waals surface area (Å²) in [5, 5.41) is 0. The van der Waals surface area contributed by atoms with Crippen LogP contribution in [-0.4, -0.2) is 38.3 Å². The predicted octanol–water partition coefficient (Wildman–Crippen LogP) is 3.58. The number of rotatable bonds is 4. The van der Waals surface area contributed by atoms with Gasteiger partial charge in [-0.15, -0.1) is 0 Å². The standard InChI is InChI=1S/C21H23BrN2O3S/c22-19-6-7-20-18(14-19)10-13-24(20)21(25)17-8-11-23(12-9-17)28(26,27)15-16-4-2-1-3-5-16/h1-7,14,17H,8-13,15H2. The highest BCUT2D eigenvalue weighted by Crippen LogP contribution is 2.33. The summed E-state index contributed by atoms with van der Waals surface area (Å²) in [4.78, 5) is 14.9. The van der Waals surface area contributed by atoms with Crippen molar-refractivity contribution in [3.63, 3.8) is 0 Å². The van der Waals surface area contributed by atoms with Gasteiger partial charge in [-0.2, -0.15) is 0 Å². The van der Waals surface area contributed by atoms with E-state index in [4.69, 9.17) is 0 Å². The Bertz CT molecular complexity index is 970. The molecule has 28 heavy (non-hydrogen) atoms. The molecule has 0 spiro atoms. The number of fused-ring (bicyclic) bond motifs is 1. The number of benzene rings is 2. The van der Waals surface area contributed by atoms with Gasteiger partial charge in [0.2, 0.25) is 15.9 Å². The molecule has 7 heteroatoms. The fraction of sp³-hybridized carbons (Fsp3) is 0.381. The summed E-state index contributed by atoms with van der Waals surface area (Å²) >= 11 is 3.48. The van der Waals surface area contributed by atoms with E-state index in [1.807, 2.05) is 47.4 Å². The molecule has 0 aliphatic carbocycles. The zero-order chi connectivity index (χ0) is 19.7. The van der Waals surface area contributed by atoms with Crippen molar-refractivity contribution < 1.29 is 13.2 Å². The molecule has 0 N–H and O–H groups in total. The average Bonchev–Trinajstić information content (AvgIpc) is 3.11. The van der Waals surface area contributed by atoms with E-state index in [1.165, 1.54) is 5.56 Å². The van der Waals surface area contributed by atoms with E-state index in [1.54, 1.807) is 4.31 Å². The van der Waals surface area contributed by atoms with Gasteiger partial charge in [0, 0.05) is 35.7 Å². The predicted molar refractivity (Wildman–Crippen MR) is 114 cm³/mol. The Balaban J connectivity index is 1.39. The average molecular weight is 463 g/mol. The van der Waals surface area contributed by atoms with E-state index in [0.29, 0.717) is 32.5 Å². The van der Waals surface area contributed by atoms with Crippen LogP contribution in [0.15, 0.2) is 53.0 Å². The smallest absolute Gasteiger partial charge is 0.230 e. The minimum Gasteiger partial charge on any atom is -0.312 e. The molecule has 5 nitrogen and oxygen atoms in total. The first-order valence-corrected chi connectivity index (χ1v) is 12.0. The zero-order valence-corrected chi connectivity index (χ0v) is 18.0. The van der Waals surface area contributed by atoms with Crippen LogP contribution >= 0.6 is 15.9 Å². The number of hydrogen-bond acceptors (Lipinski definition) is 3. The van der Waals surface area contributed by atoms with E-state index >= 15 is 0 Å². The maximum Gasteiger partial charge on any atom is 0.230 e. The number of hydrogen-bond donors (Lipinski definition) is 0. The summed E-state index contributed by atoms with van der Waals surface area (Å²) < 4.78 is 28.0. The van der Waals surface area contributed by atoms with Crippen molar-refractivity contribution in [2.24, 2.45) is 5.92 Å². The Morgan fingerprint density at radius 2 is 1.75 bits per heavy atom. The Kier molecular flexibility index (Phi) is 5.58. The molecule has 148 valence electrons. The van der Waals surface area contributed by atoms with Gasteiger partial charge in [-0.25, -0.2) is 12.7 Å². The first kappa shape index (κ1) is 19.6. The van der Waals surface area contributed by atoms with Crippen LogP contribution in [-0.2, 0) is 27.0 Å². The molecule has 0 bridgehead atoms. The summed E-state index contributed by atoms with van der Waals surface area (Å²) in [6, 6.07) is 15.3. The van der Waals surface area contributed by atoms with Crippen LogP contribution in [0.5, 0.6) is 0 Å². The van der Waals surface area contributed by atoms with E-state index in [0.717, 1.165) is 22.1 Å². The maximum absolute atomic E-state index is 13.0. The molecular formula is C21H23BrN2O3S. The van der Waals surface area contributed by atoms with Crippen LogP contribution in [0.1, 0.15) is 24.0 Å². The van der Waals surface area contributed by atoms with E-state index in [9.17, 15) is 13.2 Å². The molecule has 0 radical (unpaired) electrons. The van der Waals surface area contributed by atoms with Crippen molar-refractivity contribution in [2.75, 3.05) is 24.5 Å². The third-order valence-electron chi connectivity index (χ3n) is 5.59. The molecule has 2 heterocycles. The van der Waals surface area contributed by atoms with Crippen LogP contribution in [0.3, 0.4) is 0 Å². The van der Waals surface area contributed by atoms with Crippen molar-refractivity contribution in [3.8, 4) is 0 Å². The lowest BCUT2D eigenvalue weighted by Gasteiger charge is -2.32. The van der Waals surface area contributed by atoms with Crippen molar-refractivity contribution in [1.29, 1.82) is 0 Å². The number of amides is 1. The lowest BCUT2D eigenvalue weighted by Crippen LogP contribution is -2.44. The molecule has 1 saturated heterocycles. The normalized spacial score (nSPS) is 18.2. The van der Waals surface area contributed by atoms with E-state index < -0.39 is 10.0 Å². The number of sulfonamides is 1. The molecule has 1 amide bonds. The summed E-state index contributed by atoms with van der Waals surface area (Å²) in [6.45, 7) is 1.52. The van der Waals surface area contributed by atoms with Gasteiger partial charge in [-0.05, 0) is 48.6 Å². The maximum atomic E-state index is 13.0. The number of carbonyl (C=O) groups is 1. The lowest BCUT2D eigenvalue weighted by molar-refractivity contribution is -0.123. The second kappa shape index (κ2) is 7.97. The van der Waals surface area contributed by atoms with Gasteiger partial charge in [0.1, 0.15) is 0 Å². The van der Waals surface area contributed by atoms with Crippen molar-refractivity contribution >= 4 is 37.5 Å². The Hall–Kier alpha value is -1.70. The summed E-state index contributed by atoms with van der Waals surface area (Å²) in [7, 11) is -3.35. The van der Waals surface area contributed by atoms with Crippen LogP contribution in [0.4, 0.5) is 5.69 Å². The van der Waals surface area contributed by atoms with Crippen LogP contribution < -0.4 is 4.90 Å². The fourth-order valence-corrected chi connectivity index (χ4v) is 6.05. The summed E-state index contributed by atoms with van der Waals surface area (Å²) in [5.41, 5.74) is 2.97. The van der Waals surface area contributed by atoms with Crippen LogP contribution in [0.2, 0.25) is 0 Å². The van der Waals surface area contributed by atoms with Gasteiger partial charge in [-0.1, -0.05) is 46.3 Å². The topological polar surface area (TPSA) is 57.7 Å². The van der Waals surface area contributed by atoms with Gasteiger partial charge in [0.25, 0.3) is 0 Å². The molecular weight excluding hydrogens is 440 g/mol. The molecule has 0 unspecified atom stereocenters. The van der Waals surface area contributed by atoms with Crippen LogP contribution in [0.25, 0.3) is 0 Å². The molecule has 0 atom stereocenters. The molecule has 0 aromatic heterocycles. The highest BCUT2D eigenvalue weighted by molar-refractivity contribution is 9.10. The third-order valence-corrected chi connectivity index (χ3v) is 7.93. The highest BCUT2D eigenvalue weighted by Gasteiger charge is 2.35. The summed E-state index contributed by atoms with van der Waals surface area (Å²) in [5.74, 6) is 0.0276. The first-order valence-electron chi connectivity index (χ1n) is 9.55. The summed E-state index contributed by atoms with van der Waals surface area (Å²) in [6.07, 6.45) is 2.02. The van der Waals surface area contributed by atoms with E-state index in [2.05, 4.69) is 22.0 Å². The minimum atomic E-state index is -3.35. The van der Waals surface area contributed by atoms with Gasteiger partial charge >= 0.3 is 0 Å². The van der Waals surface area contributed by atoms with Gasteiger partial charge in [-0.3, -0.25) is 4.79 Å². The molecule has 4 rings (SSSR count). The molecule has 0 saturated carbocycles. The molecule has 2 aromatic rings. The van der Waals surface area contributed by atoms with Crippen LogP contribution in [0, 0.1) is 5.92 Å². The van der Waals surface area contributed by atoms with Gasteiger partial charge in [0.05, 0.1) is 5.75 Å². The van der Waals surface area contributed by atoms with Crippen molar-refractivity contribution in [1.82, 2.24) is 4.31 Å². The SMILES string of the molecule is O=C(C1CCN(S(=O)(=O)Cc2ccccc2)CC1)N1CCc2cc(Br)ccc21. The van der Waals surface area contributed by atoms with Gasteiger partial charge in [0.15, 0.2) is 0 Å². The number of piperidine rings is 1. The first-order chi connectivity index (χ1) is 13.4. The Morgan fingerprint density at radius 3 is 2.46 bits per heavy atom. The number of anilines is 1. The molecule has 2 aliphatic rings. The molecule has 1 fully saturated rings. The second-order valence-electron chi connectivity index (χ2n) is 7.43. The Labute approximate surface area is 174 Å². The number of halogens is 1. The quantitative estimate of drug-likeness (QED) is 0.697. The molecule has 2 aromatic carbocycles. The minimum absolute atomic E-state index is 0.0147. The van der Waals surface area contributed by atoms with Crippen molar-refractivity contribution in [2.45, 2.75) is 25.0 Å². The monoisotopic (exact) mass is 462 g/mol.